The number of likely N-dealkylation sites (tertiary alicyclic amines) is 1. The van der Waals surface area contributed by atoms with Crippen molar-refractivity contribution in [2.75, 3.05) is 19.3 Å². The van der Waals surface area contributed by atoms with Crippen molar-refractivity contribution in [2.45, 2.75) is 30.7 Å². The molecule has 0 unspecified atom stereocenters. The van der Waals surface area contributed by atoms with Crippen molar-refractivity contribution < 1.29 is 14.7 Å². The summed E-state index contributed by atoms with van der Waals surface area (Å²) in [5.74, 6) is -1.08. The van der Waals surface area contributed by atoms with Gasteiger partial charge in [-0.05, 0) is 37.7 Å². The number of urea groups is 1. The fraction of sp³-hybridized carbons (Fsp3) is 0.500. The maximum absolute atomic E-state index is 12.3. The summed E-state index contributed by atoms with van der Waals surface area (Å²) in [4.78, 5) is 26.1. The zero-order valence-corrected chi connectivity index (χ0v) is 13.7. The van der Waals surface area contributed by atoms with Crippen molar-refractivity contribution in [1.29, 1.82) is 0 Å². The van der Waals surface area contributed by atoms with Crippen LogP contribution in [0.1, 0.15) is 31.4 Å². The minimum absolute atomic E-state index is 0.0756. The molecular weight excluding hydrogens is 300 g/mol. The van der Waals surface area contributed by atoms with Crippen LogP contribution in [0.4, 0.5) is 4.79 Å². The van der Waals surface area contributed by atoms with E-state index in [0.29, 0.717) is 25.9 Å². The van der Waals surface area contributed by atoms with Crippen molar-refractivity contribution in [3.8, 4) is 0 Å². The summed E-state index contributed by atoms with van der Waals surface area (Å²) in [6, 6.07) is 7.83. The molecule has 2 amide bonds. The molecule has 0 saturated carbocycles. The van der Waals surface area contributed by atoms with E-state index in [9.17, 15) is 9.59 Å². The van der Waals surface area contributed by atoms with Gasteiger partial charge in [-0.3, -0.25) is 4.79 Å². The fourth-order valence-corrected chi connectivity index (χ4v) is 3.40. The highest BCUT2D eigenvalue weighted by Gasteiger charge is 2.27. The van der Waals surface area contributed by atoms with Gasteiger partial charge in [0.15, 0.2) is 0 Å². The molecule has 0 aromatic heterocycles. The van der Waals surface area contributed by atoms with Crippen molar-refractivity contribution in [3.05, 3.63) is 29.8 Å². The zero-order valence-electron chi connectivity index (χ0n) is 12.9. The van der Waals surface area contributed by atoms with Crippen molar-refractivity contribution in [3.63, 3.8) is 0 Å². The van der Waals surface area contributed by atoms with Gasteiger partial charge in [-0.2, -0.15) is 0 Å². The first-order valence-electron chi connectivity index (χ1n) is 7.44. The number of aliphatic carboxylic acids is 1. The second kappa shape index (κ2) is 7.54. The summed E-state index contributed by atoms with van der Waals surface area (Å²) in [6.07, 6.45) is 3.07. The molecule has 1 saturated heterocycles. The Kier molecular flexibility index (Phi) is 5.71. The monoisotopic (exact) mass is 322 g/mol. The Hall–Kier alpha value is -1.69. The number of nitrogens with one attached hydrogen (secondary N) is 1. The van der Waals surface area contributed by atoms with Crippen LogP contribution in [0.15, 0.2) is 29.2 Å². The van der Waals surface area contributed by atoms with Crippen LogP contribution in [-0.2, 0) is 4.79 Å². The van der Waals surface area contributed by atoms with Gasteiger partial charge in [0.05, 0.1) is 12.0 Å². The van der Waals surface area contributed by atoms with E-state index in [4.69, 9.17) is 5.11 Å². The van der Waals surface area contributed by atoms with Gasteiger partial charge in [0.25, 0.3) is 0 Å². The molecule has 1 aromatic carbocycles. The van der Waals surface area contributed by atoms with Crippen LogP contribution in [0.25, 0.3) is 0 Å². The molecule has 120 valence electrons. The van der Waals surface area contributed by atoms with Crippen molar-refractivity contribution in [1.82, 2.24) is 10.2 Å². The van der Waals surface area contributed by atoms with E-state index in [-0.39, 0.29) is 18.0 Å². The molecule has 1 atom stereocenters. The summed E-state index contributed by atoms with van der Waals surface area (Å²) in [5.41, 5.74) is 1.10. The first-order valence-corrected chi connectivity index (χ1v) is 8.66. The van der Waals surface area contributed by atoms with Gasteiger partial charge in [0.2, 0.25) is 0 Å². The number of hydrogen-bond donors (Lipinski definition) is 2. The van der Waals surface area contributed by atoms with Crippen LogP contribution in [0.5, 0.6) is 0 Å². The number of amides is 2. The standard InChI is InChI=1S/C16H22N2O3S/c1-11(13-5-3-4-6-14(13)22-2)17-16(21)18-9-7-12(8-10-18)15(19)20/h3-6,11-12H,7-10H2,1-2H3,(H,17,21)(H,19,20)/t11-/m0/s1. The molecule has 2 rings (SSSR count). The van der Waals surface area contributed by atoms with E-state index in [1.165, 1.54) is 0 Å². The molecule has 5 nitrogen and oxygen atoms in total. The number of carbonyl (C=O) groups excluding carboxylic acids is 1. The van der Waals surface area contributed by atoms with Crippen LogP contribution in [-0.4, -0.2) is 41.4 Å². The van der Waals surface area contributed by atoms with Gasteiger partial charge in [-0.15, -0.1) is 11.8 Å². The predicted molar refractivity (Wildman–Crippen MR) is 87.1 cm³/mol. The Balaban J connectivity index is 1.93. The van der Waals surface area contributed by atoms with E-state index in [2.05, 4.69) is 5.32 Å². The summed E-state index contributed by atoms with van der Waals surface area (Å²) in [7, 11) is 0. The van der Waals surface area contributed by atoms with Crippen LogP contribution < -0.4 is 5.32 Å². The topological polar surface area (TPSA) is 69.6 Å². The molecule has 1 aliphatic heterocycles. The molecule has 0 radical (unpaired) electrons. The summed E-state index contributed by atoms with van der Waals surface area (Å²) in [5, 5.41) is 12.0. The molecule has 1 aromatic rings. The third kappa shape index (κ3) is 3.94. The lowest BCUT2D eigenvalue weighted by Gasteiger charge is -2.31. The van der Waals surface area contributed by atoms with E-state index >= 15 is 0 Å². The number of carboxylic acid groups (broad SMARTS) is 1. The molecular formula is C16H22N2O3S. The number of hydrogen-bond acceptors (Lipinski definition) is 3. The number of carboxylic acids is 1. The lowest BCUT2D eigenvalue weighted by molar-refractivity contribution is -0.143. The quantitative estimate of drug-likeness (QED) is 0.836. The van der Waals surface area contributed by atoms with Crippen molar-refractivity contribution in [2.24, 2.45) is 5.92 Å². The highest BCUT2D eigenvalue weighted by Crippen LogP contribution is 2.26. The van der Waals surface area contributed by atoms with Crippen molar-refractivity contribution >= 4 is 23.8 Å². The van der Waals surface area contributed by atoms with E-state index < -0.39 is 5.97 Å². The Morgan fingerprint density at radius 2 is 1.95 bits per heavy atom. The normalized spacial score (nSPS) is 17.1. The van der Waals surface area contributed by atoms with Gasteiger partial charge in [-0.25, -0.2) is 4.79 Å². The minimum Gasteiger partial charge on any atom is -0.481 e. The number of piperidine rings is 1. The van der Waals surface area contributed by atoms with E-state index in [0.717, 1.165) is 10.5 Å². The Labute approximate surface area is 135 Å². The smallest absolute Gasteiger partial charge is 0.317 e. The van der Waals surface area contributed by atoms with Gasteiger partial charge >= 0.3 is 12.0 Å². The molecule has 0 spiro atoms. The Bertz CT molecular complexity index is 542. The summed E-state index contributed by atoms with van der Waals surface area (Å²) < 4.78 is 0. The van der Waals surface area contributed by atoms with Gasteiger partial charge in [0, 0.05) is 18.0 Å². The number of rotatable bonds is 4. The first kappa shape index (κ1) is 16.7. The average molecular weight is 322 g/mol. The third-order valence-corrected chi connectivity index (χ3v) is 4.89. The molecule has 6 heteroatoms. The molecule has 0 aliphatic carbocycles. The molecule has 1 aliphatic rings. The maximum Gasteiger partial charge on any atom is 0.317 e. The lowest BCUT2D eigenvalue weighted by Crippen LogP contribution is -2.46. The Morgan fingerprint density at radius 3 is 2.55 bits per heavy atom. The second-order valence-electron chi connectivity index (χ2n) is 5.51. The van der Waals surface area contributed by atoms with Gasteiger partial charge in [-0.1, -0.05) is 18.2 Å². The molecule has 0 bridgehead atoms. The first-order chi connectivity index (χ1) is 10.5. The number of benzene rings is 1. The highest BCUT2D eigenvalue weighted by molar-refractivity contribution is 7.98. The number of nitrogens with zero attached hydrogens (tertiary/aromatic N) is 1. The fourth-order valence-electron chi connectivity index (χ4n) is 2.71. The largest absolute Gasteiger partial charge is 0.481 e. The molecule has 1 fully saturated rings. The van der Waals surface area contributed by atoms with Crippen LogP contribution in [0, 0.1) is 5.92 Å². The van der Waals surface area contributed by atoms with E-state index in [1.807, 2.05) is 37.4 Å². The van der Waals surface area contributed by atoms with Gasteiger partial charge in [0.1, 0.15) is 0 Å². The second-order valence-corrected chi connectivity index (χ2v) is 6.36. The van der Waals surface area contributed by atoms with Crippen LogP contribution in [0.3, 0.4) is 0 Å². The summed E-state index contributed by atoms with van der Waals surface area (Å²) >= 11 is 1.66. The van der Waals surface area contributed by atoms with E-state index in [1.54, 1.807) is 16.7 Å². The predicted octanol–water partition coefficient (Wildman–Crippen LogP) is 2.98. The highest BCUT2D eigenvalue weighted by atomic mass is 32.2. The third-order valence-electron chi connectivity index (χ3n) is 4.08. The molecule has 22 heavy (non-hydrogen) atoms. The Morgan fingerprint density at radius 1 is 1.32 bits per heavy atom. The SMILES string of the molecule is CSc1ccccc1[C@H](C)NC(=O)N1CCC(C(=O)O)CC1. The number of thioether (sulfide) groups is 1. The van der Waals surface area contributed by atoms with Gasteiger partial charge < -0.3 is 15.3 Å². The lowest BCUT2D eigenvalue weighted by atomic mass is 9.97. The molecule has 2 N–H and O–H groups in total. The zero-order chi connectivity index (χ0) is 16.1. The average Bonchev–Trinajstić information content (AvgIpc) is 2.54. The van der Waals surface area contributed by atoms with Crippen LogP contribution >= 0.6 is 11.8 Å². The maximum atomic E-state index is 12.3. The number of carbonyl (C=O) groups is 2. The summed E-state index contributed by atoms with van der Waals surface area (Å²) in [6.45, 7) is 2.97. The van der Waals surface area contributed by atoms with Crippen LogP contribution in [0.2, 0.25) is 0 Å². The molecule has 1 heterocycles. The minimum atomic E-state index is -0.762.